The number of hydrogen-bond donors (Lipinski definition) is 3. The zero-order chi connectivity index (χ0) is 71.2. The Morgan fingerprint density at radius 2 is 0.495 bits per heavy atom. The van der Waals surface area contributed by atoms with Gasteiger partial charge in [-0.15, -0.1) is 0 Å². The van der Waals surface area contributed by atoms with Gasteiger partial charge in [-0.2, -0.15) is 0 Å². The Kier molecular flexibility index (Phi) is 69.6. The van der Waals surface area contributed by atoms with Crippen LogP contribution in [0.1, 0.15) is 413 Å². The molecule has 0 heterocycles. The first-order chi connectivity index (χ1) is 47.1. The topological polar surface area (TPSA) is 237 Å². The SMILES string of the molecule is CCCCCCCCCCCCCCCCCC(=O)OC[C@H](COP(=O)(O)OC[C@@H](O)COP(=O)(O)OC[C@@H](COC(=O)CCCCCCCCC)OC(=O)CCCCCCCCCCCCCCC)OC(=O)CCCCCCCCCCCCCCCCCCCCC(C)CC. The van der Waals surface area contributed by atoms with Crippen molar-refractivity contribution < 1.29 is 80.2 Å². The fraction of sp³-hybridized carbons (Fsp3) is 0.949. The first-order valence-corrected chi connectivity index (χ1v) is 43.7. The zero-order valence-electron chi connectivity index (χ0n) is 63.2. The third kappa shape index (κ3) is 70.9. The number of unbranched alkanes of at least 4 members (excludes halogenated alkanes) is 49. The number of phosphoric acid groups is 2. The smallest absolute Gasteiger partial charge is 0.462 e. The number of carbonyl (C=O) groups is 4. The maximum absolute atomic E-state index is 13.1. The lowest BCUT2D eigenvalue weighted by atomic mass is 9.99. The van der Waals surface area contributed by atoms with Crippen LogP contribution in [0.3, 0.4) is 0 Å². The maximum Gasteiger partial charge on any atom is 0.472 e. The second kappa shape index (κ2) is 71.1. The molecule has 0 aromatic rings. The predicted molar refractivity (Wildman–Crippen MR) is 395 cm³/mol. The van der Waals surface area contributed by atoms with Crippen LogP contribution in [0.25, 0.3) is 0 Å². The Bertz CT molecular complexity index is 1860. The van der Waals surface area contributed by atoms with Gasteiger partial charge in [-0.25, -0.2) is 9.13 Å². The van der Waals surface area contributed by atoms with Crippen molar-refractivity contribution in [2.45, 2.75) is 432 Å². The number of phosphoric ester groups is 2. The Labute approximate surface area is 594 Å². The van der Waals surface area contributed by atoms with Gasteiger partial charge in [0.1, 0.15) is 19.3 Å². The quantitative estimate of drug-likeness (QED) is 0.0222. The molecule has 17 nitrogen and oxygen atoms in total. The fourth-order valence-corrected chi connectivity index (χ4v) is 13.6. The van der Waals surface area contributed by atoms with Gasteiger partial charge in [0.2, 0.25) is 0 Å². The molecular formula is C78H152O17P2. The van der Waals surface area contributed by atoms with Gasteiger partial charge in [0.25, 0.3) is 0 Å². The Morgan fingerprint density at radius 3 is 0.732 bits per heavy atom. The van der Waals surface area contributed by atoms with Crippen LogP contribution < -0.4 is 0 Å². The maximum atomic E-state index is 13.1. The van der Waals surface area contributed by atoms with E-state index in [-0.39, 0.29) is 25.7 Å². The van der Waals surface area contributed by atoms with Gasteiger partial charge < -0.3 is 33.8 Å². The molecule has 0 aliphatic rings. The van der Waals surface area contributed by atoms with Crippen molar-refractivity contribution in [3.8, 4) is 0 Å². The van der Waals surface area contributed by atoms with Crippen LogP contribution in [0.5, 0.6) is 0 Å². The van der Waals surface area contributed by atoms with E-state index in [0.717, 1.165) is 109 Å². The standard InChI is InChI=1S/C78H152O17P2/c1-6-10-13-16-19-21-23-25-30-35-38-42-47-52-57-62-76(81)89-68-74(95-78(83)64-59-54-49-44-40-36-32-29-27-26-28-31-34-37-41-46-50-55-60-71(5)9-4)70-93-97(86,87)91-66-72(79)65-90-96(84,85)92-69-73(67-88-75(80)61-56-51-45-18-15-12-8-3)94-77(82)63-58-53-48-43-39-33-24-22-20-17-14-11-7-2/h71-74,79H,6-70H2,1-5H3,(H,84,85)(H,86,87)/t71?,72-,73+,74+/m0/s1. The van der Waals surface area contributed by atoms with Crippen LogP contribution >= 0.6 is 15.6 Å². The lowest BCUT2D eigenvalue weighted by Crippen LogP contribution is -2.30. The summed E-state index contributed by atoms with van der Waals surface area (Å²) in [6.07, 6.45) is 61.1. The summed E-state index contributed by atoms with van der Waals surface area (Å²) in [4.78, 5) is 72.7. The number of rotatable bonds is 78. The minimum atomic E-state index is -4.96. The van der Waals surface area contributed by atoms with Crippen molar-refractivity contribution in [3.05, 3.63) is 0 Å². The minimum absolute atomic E-state index is 0.108. The molecule has 0 aromatic carbocycles. The summed E-state index contributed by atoms with van der Waals surface area (Å²) in [6, 6.07) is 0. The molecule has 0 rings (SSSR count). The van der Waals surface area contributed by atoms with E-state index in [2.05, 4.69) is 34.6 Å². The highest BCUT2D eigenvalue weighted by Crippen LogP contribution is 2.45. The molecular weight excluding hydrogens is 1270 g/mol. The van der Waals surface area contributed by atoms with Crippen molar-refractivity contribution in [1.29, 1.82) is 0 Å². The summed E-state index contributed by atoms with van der Waals surface area (Å²) in [6.45, 7) is 7.34. The molecule has 0 saturated carbocycles. The molecule has 0 bridgehead atoms. The van der Waals surface area contributed by atoms with E-state index in [1.807, 2.05) is 0 Å². The molecule has 576 valence electrons. The molecule has 0 radical (unpaired) electrons. The molecule has 0 spiro atoms. The molecule has 19 heteroatoms. The Balaban J connectivity index is 5.16. The second-order valence-corrected chi connectivity index (χ2v) is 31.3. The zero-order valence-corrected chi connectivity index (χ0v) is 65.0. The molecule has 0 fully saturated rings. The second-order valence-electron chi connectivity index (χ2n) is 28.3. The van der Waals surface area contributed by atoms with Crippen LogP contribution in [0.15, 0.2) is 0 Å². The lowest BCUT2D eigenvalue weighted by molar-refractivity contribution is -0.161. The highest BCUT2D eigenvalue weighted by atomic mass is 31.2. The predicted octanol–water partition coefficient (Wildman–Crippen LogP) is 23.3. The van der Waals surface area contributed by atoms with Crippen LogP contribution in [-0.4, -0.2) is 96.7 Å². The van der Waals surface area contributed by atoms with Crippen LogP contribution in [0, 0.1) is 5.92 Å². The van der Waals surface area contributed by atoms with Crippen molar-refractivity contribution in [3.63, 3.8) is 0 Å². The number of carbonyl (C=O) groups excluding carboxylic acids is 4. The van der Waals surface area contributed by atoms with Gasteiger partial charge in [0, 0.05) is 25.7 Å². The first-order valence-electron chi connectivity index (χ1n) is 40.7. The number of aliphatic hydroxyl groups excluding tert-OH is 1. The average Bonchev–Trinajstić information content (AvgIpc) is 2.53. The number of aliphatic hydroxyl groups is 1. The molecule has 0 aromatic heterocycles. The van der Waals surface area contributed by atoms with Crippen molar-refractivity contribution >= 4 is 39.5 Å². The van der Waals surface area contributed by atoms with E-state index in [1.165, 1.54) is 225 Å². The van der Waals surface area contributed by atoms with Crippen LogP contribution in [-0.2, 0) is 65.4 Å². The Morgan fingerprint density at radius 1 is 0.289 bits per heavy atom. The average molecular weight is 1420 g/mol. The van der Waals surface area contributed by atoms with Crippen molar-refractivity contribution in [1.82, 2.24) is 0 Å². The van der Waals surface area contributed by atoms with E-state index in [4.69, 9.17) is 37.0 Å². The molecule has 6 atom stereocenters. The van der Waals surface area contributed by atoms with Crippen LogP contribution in [0.4, 0.5) is 0 Å². The Hall–Kier alpha value is -1.94. The minimum Gasteiger partial charge on any atom is -0.462 e. The number of ether oxygens (including phenoxy) is 4. The lowest BCUT2D eigenvalue weighted by Gasteiger charge is -2.21. The van der Waals surface area contributed by atoms with Gasteiger partial charge >= 0.3 is 39.5 Å². The van der Waals surface area contributed by atoms with E-state index in [1.54, 1.807) is 0 Å². The molecule has 0 aliphatic carbocycles. The summed E-state index contributed by atoms with van der Waals surface area (Å²) in [5.41, 5.74) is 0. The third-order valence-corrected chi connectivity index (χ3v) is 20.5. The summed E-state index contributed by atoms with van der Waals surface area (Å²) >= 11 is 0. The third-order valence-electron chi connectivity index (χ3n) is 18.6. The van der Waals surface area contributed by atoms with E-state index < -0.39 is 97.5 Å². The van der Waals surface area contributed by atoms with Crippen LogP contribution in [0.2, 0.25) is 0 Å². The van der Waals surface area contributed by atoms with E-state index in [9.17, 15) is 43.2 Å². The number of esters is 4. The van der Waals surface area contributed by atoms with Gasteiger partial charge in [-0.3, -0.25) is 37.3 Å². The summed E-state index contributed by atoms with van der Waals surface area (Å²) < 4.78 is 68.5. The van der Waals surface area contributed by atoms with Gasteiger partial charge in [-0.05, 0) is 31.6 Å². The van der Waals surface area contributed by atoms with Crippen molar-refractivity contribution in [2.24, 2.45) is 5.92 Å². The molecule has 0 amide bonds. The molecule has 97 heavy (non-hydrogen) atoms. The molecule has 0 saturated heterocycles. The van der Waals surface area contributed by atoms with Gasteiger partial charge in [0.05, 0.1) is 26.4 Å². The first kappa shape index (κ1) is 95.1. The monoisotopic (exact) mass is 1420 g/mol. The number of hydrogen-bond acceptors (Lipinski definition) is 15. The summed E-state index contributed by atoms with van der Waals surface area (Å²) in [5, 5.41) is 10.6. The molecule has 3 N–H and O–H groups in total. The fourth-order valence-electron chi connectivity index (χ4n) is 12.0. The van der Waals surface area contributed by atoms with Gasteiger partial charge in [0.15, 0.2) is 12.2 Å². The molecule has 0 aliphatic heterocycles. The summed E-state index contributed by atoms with van der Waals surface area (Å²) in [5.74, 6) is -1.24. The van der Waals surface area contributed by atoms with E-state index >= 15 is 0 Å². The highest BCUT2D eigenvalue weighted by Gasteiger charge is 2.30. The van der Waals surface area contributed by atoms with E-state index in [0.29, 0.717) is 25.7 Å². The normalized spacial score (nSPS) is 14.2. The largest absolute Gasteiger partial charge is 0.472 e. The van der Waals surface area contributed by atoms with Gasteiger partial charge in [-0.1, -0.05) is 362 Å². The summed E-state index contributed by atoms with van der Waals surface area (Å²) in [7, 11) is -9.91. The highest BCUT2D eigenvalue weighted by molar-refractivity contribution is 7.47. The molecule has 3 unspecified atom stereocenters. The van der Waals surface area contributed by atoms with Crippen molar-refractivity contribution in [2.75, 3.05) is 39.6 Å².